The standard InChI is InChI=1S/C17H18BrNO2S/c1-2-21-16-10-6-3-7-13(16)11-22-12-17(20)19-15-9-5-4-8-14(15)18/h3-10H,2,11-12H2,1H3,(H,19,20). The van der Waals surface area contributed by atoms with E-state index in [-0.39, 0.29) is 5.91 Å². The first kappa shape index (κ1) is 16.9. The third-order valence-electron chi connectivity index (χ3n) is 2.91. The van der Waals surface area contributed by atoms with Gasteiger partial charge in [0.25, 0.3) is 0 Å². The van der Waals surface area contributed by atoms with E-state index in [4.69, 9.17) is 4.74 Å². The van der Waals surface area contributed by atoms with Crippen LogP contribution in [-0.4, -0.2) is 18.3 Å². The van der Waals surface area contributed by atoms with Crippen molar-refractivity contribution in [3.63, 3.8) is 0 Å². The monoisotopic (exact) mass is 379 g/mol. The Kier molecular flexibility index (Phi) is 6.80. The van der Waals surface area contributed by atoms with Gasteiger partial charge in [0, 0.05) is 15.8 Å². The molecule has 0 saturated carbocycles. The van der Waals surface area contributed by atoms with Gasteiger partial charge in [-0.1, -0.05) is 30.3 Å². The van der Waals surface area contributed by atoms with Crippen LogP contribution in [0.2, 0.25) is 0 Å². The van der Waals surface area contributed by atoms with E-state index in [2.05, 4.69) is 21.2 Å². The highest BCUT2D eigenvalue weighted by Gasteiger charge is 2.07. The molecule has 0 radical (unpaired) electrons. The predicted molar refractivity (Wildman–Crippen MR) is 96.5 cm³/mol. The number of rotatable bonds is 7. The summed E-state index contributed by atoms with van der Waals surface area (Å²) in [7, 11) is 0. The number of thioether (sulfide) groups is 1. The van der Waals surface area contributed by atoms with Crippen molar-refractivity contribution < 1.29 is 9.53 Å². The Bertz CT molecular complexity index is 634. The number of carbonyl (C=O) groups excluding carboxylic acids is 1. The van der Waals surface area contributed by atoms with Gasteiger partial charge in [0.15, 0.2) is 0 Å². The number of ether oxygens (including phenoxy) is 1. The number of para-hydroxylation sites is 2. The van der Waals surface area contributed by atoms with E-state index in [1.54, 1.807) is 11.8 Å². The molecule has 1 N–H and O–H groups in total. The summed E-state index contributed by atoms with van der Waals surface area (Å²) < 4.78 is 6.47. The maximum absolute atomic E-state index is 12.0. The van der Waals surface area contributed by atoms with Gasteiger partial charge in [-0.2, -0.15) is 0 Å². The predicted octanol–water partition coefficient (Wildman–Crippen LogP) is 4.72. The molecule has 0 saturated heterocycles. The average Bonchev–Trinajstić information content (AvgIpc) is 2.51. The zero-order valence-corrected chi connectivity index (χ0v) is 14.7. The number of hydrogen-bond acceptors (Lipinski definition) is 3. The van der Waals surface area contributed by atoms with Crippen LogP contribution >= 0.6 is 27.7 Å². The molecule has 5 heteroatoms. The summed E-state index contributed by atoms with van der Waals surface area (Å²) in [5.41, 5.74) is 1.91. The van der Waals surface area contributed by atoms with Crippen LogP contribution in [-0.2, 0) is 10.5 Å². The highest BCUT2D eigenvalue weighted by molar-refractivity contribution is 9.10. The number of amides is 1. The van der Waals surface area contributed by atoms with Gasteiger partial charge < -0.3 is 10.1 Å². The summed E-state index contributed by atoms with van der Waals surface area (Å²) in [6.45, 7) is 2.61. The molecule has 0 atom stereocenters. The van der Waals surface area contributed by atoms with Crippen molar-refractivity contribution in [2.75, 3.05) is 17.7 Å². The van der Waals surface area contributed by atoms with Crippen molar-refractivity contribution in [2.45, 2.75) is 12.7 Å². The molecule has 116 valence electrons. The fourth-order valence-corrected chi connectivity index (χ4v) is 3.12. The smallest absolute Gasteiger partial charge is 0.234 e. The minimum absolute atomic E-state index is 0.00853. The van der Waals surface area contributed by atoms with Crippen LogP contribution < -0.4 is 10.1 Å². The first-order valence-electron chi connectivity index (χ1n) is 7.03. The molecule has 22 heavy (non-hydrogen) atoms. The molecule has 0 aromatic heterocycles. The topological polar surface area (TPSA) is 38.3 Å². The molecule has 0 heterocycles. The van der Waals surface area contributed by atoms with E-state index < -0.39 is 0 Å². The maximum atomic E-state index is 12.0. The lowest BCUT2D eigenvalue weighted by molar-refractivity contribution is -0.113. The number of hydrogen-bond donors (Lipinski definition) is 1. The summed E-state index contributed by atoms with van der Waals surface area (Å²) in [4.78, 5) is 12.0. The van der Waals surface area contributed by atoms with Crippen molar-refractivity contribution in [2.24, 2.45) is 0 Å². The SMILES string of the molecule is CCOc1ccccc1CSCC(=O)Nc1ccccc1Br. The highest BCUT2D eigenvalue weighted by atomic mass is 79.9. The molecular formula is C17H18BrNO2S. The van der Waals surface area contributed by atoms with Crippen LogP contribution in [0.15, 0.2) is 53.0 Å². The Hall–Kier alpha value is -1.46. The molecule has 1 amide bonds. The van der Waals surface area contributed by atoms with Gasteiger partial charge in [0.1, 0.15) is 5.75 Å². The van der Waals surface area contributed by atoms with Crippen molar-refractivity contribution in [3.8, 4) is 5.75 Å². The van der Waals surface area contributed by atoms with E-state index in [1.807, 2.05) is 55.5 Å². The number of carbonyl (C=O) groups is 1. The Balaban J connectivity index is 1.84. The van der Waals surface area contributed by atoms with Gasteiger partial charge in [-0.05, 0) is 41.1 Å². The maximum Gasteiger partial charge on any atom is 0.234 e. The van der Waals surface area contributed by atoms with E-state index in [1.165, 1.54) is 0 Å². The molecule has 0 aliphatic rings. The number of benzene rings is 2. The Morgan fingerprint density at radius 1 is 1.18 bits per heavy atom. The molecule has 0 aliphatic heterocycles. The van der Waals surface area contributed by atoms with Crippen molar-refractivity contribution in [3.05, 3.63) is 58.6 Å². The van der Waals surface area contributed by atoms with Crippen molar-refractivity contribution in [1.82, 2.24) is 0 Å². The average molecular weight is 380 g/mol. The van der Waals surface area contributed by atoms with Gasteiger partial charge in [-0.15, -0.1) is 11.8 Å². The molecule has 0 spiro atoms. The summed E-state index contributed by atoms with van der Waals surface area (Å²) >= 11 is 4.99. The largest absolute Gasteiger partial charge is 0.494 e. The van der Waals surface area contributed by atoms with Crippen LogP contribution in [0.1, 0.15) is 12.5 Å². The van der Waals surface area contributed by atoms with Crippen LogP contribution in [0, 0.1) is 0 Å². The highest BCUT2D eigenvalue weighted by Crippen LogP contribution is 2.24. The number of halogens is 1. The number of anilines is 1. The quantitative estimate of drug-likeness (QED) is 0.756. The lowest BCUT2D eigenvalue weighted by atomic mass is 10.2. The minimum atomic E-state index is -0.00853. The van der Waals surface area contributed by atoms with Gasteiger partial charge >= 0.3 is 0 Å². The lowest BCUT2D eigenvalue weighted by Gasteiger charge is -2.10. The van der Waals surface area contributed by atoms with E-state index in [0.29, 0.717) is 12.4 Å². The fourth-order valence-electron chi connectivity index (χ4n) is 1.92. The van der Waals surface area contributed by atoms with Crippen LogP contribution in [0.3, 0.4) is 0 Å². The van der Waals surface area contributed by atoms with Gasteiger partial charge in [0.05, 0.1) is 18.0 Å². The molecule has 2 aromatic carbocycles. The van der Waals surface area contributed by atoms with Crippen molar-refractivity contribution >= 4 is 39.3 Å². The zero-order chi connectivity index (χ0) is 15.8. The Morgan fingerprint density at radius 3 is 2.68 bits per heavy atom. The van der Waals surface area contributed by atoms with E-state index in [9.17, 15) is 4.79 Å². The van der Waals surface area contributed by atoms with Gasteiger partial charge in [0.2, 0.25) is 5.91 Å². The lowest BCUT2D eigenvalue weighted by Crippen LogP contribution is -2.14. The molecule has 0 bridgehead atoms. The molecule has 0 aliphatic carbocycles. The second kappa shape index (κ2) is 8.86. The van der Waals surface area contributed by atoms with Gasteiger partial charge in [-0.25, -0.2) is 0 Å². The molecule has 0 fully saturated rings. The summed E-state index contributed by atoms with van der Waals surface area (Å²) in [5, 5.41) is 2.90. The van der Waals surface area contributed by atoms with Gasteiger partial charge in [-0.3, -0.25) is 4.79 Å². The third-order valence-corrected chi connectivity index (χ3v) is 4.58. The second-order valence-corrected chi connectivity index (χ2v) is 6.40. The molecule has 2 aromatic rings. The first-order valence-corrected chi connectivity index (χ1v) is 8.98. The molecule has 3 nitrogen and oxygen atoms in total. The van der Waals surface area contributed by atoms with E-state index in [0.717, 1.165) is 27.2 Å². The normalized spacial score (nSPS) is 10.3. The molecule has 0 unspecified atom stereocenters. The first-order chi connectivity index (χ1) is 10.7. The summed E-state index contributed by atoms with van der Waals surface area (Å²) in [5.74, 6) is 2.04. The fraction of sp³-hybridized carbons (Fsp3) is 0.235. The Labute approximate surface area is 143 Å². The number of nitrogens with one attached hydrogen (secondary N) is 1. The van der Waals surface area contributed by atoms with Crippen LogP contribution in [0.4, 0.5) is 5.69 Å². The minimum Gasteiger partial charge on any atom is -0.494 e. The van der Waals surface area contributed by atoms with Crippen LogP contribution in [0.25, 0.3) is 0 Å². The van der Waals surface area contributed by atoms with E-state index >= 15 is 0 Å². The van der Waals surface area contributed by atoms with Crippen LogP contribution in [0.5, 0.6) is 5.75 Å². The Morgan fingerprint density at radius 2 is 1.91 bits per heavy atom. The molecule has 2 rings (SSSR count). The summed E-state index contributed by atoms with van der Waals surface area (Å²) in [6, 6.07) is 15.5. The zero-order valence-electron chi connectivity index (χ0n) is 12.3. The summed E-state index contributed by atoms with van der Waals surface area (Å²) in [6.07, 6.45) is 0. The van der Waals surface area contributed by atoms with Crippen molar-refractivity contribution in [1.29, 1.82) is 0 Å². The molecular weight excluding hydrogens is 362 g/mol. The second-order valence-electron chi connectivity index (χ2n) is 4.56. The third kappa shape index (κ3) is 5.07.